The summed E-state index contributed by atoms with van der Waals surface area (Å²) >= 11 is 1.24. The number of esters is 1. The molecule has 7 heteroatoms. The summed E-state index contributed by atoms with van der Waals surface area (Å²) in [6.45, 7) is 1.34. The third-order valence-electron chi connectivity index (χ3n) is 4.39. The number of ether oxygens (including phenoxy) is 1. The van der Waals surface area contributed by atoms with Crippen LogP contribution in [0.2, 0.25) is 0 Å². The number of aryl methyl sites for hydroxylation is 1. The molecule has 0 bridgehead atoms. The van der Waals surface area contributed by atoms with Gasteiger partial charge in [0, 0.05) is 5.56 Å². The van der Waals surface area contributed by atoms with Gasteiger partial charge in [-0.15, -0.1) is 11.3 Å². The van der Waals surface area contributed by atoms with Crippen LogP contribution in [-0.2, 0) is 9.53 Å². The molecule has 1 aliphatic carbocycles. The first-order valence-electron chi connectivity index (χ1n) is 8.45. The number of hydrogen-bond donors (Lipinski definition) is 1. The van der Waals surface area contributed by atoms with E-state index in [4.69, 9.17) is 4.74 Å². The number of aromatic nitrogens is 1. The van der Waals surface area contributed by atoms with Gasteiger partial charge in [0.2, 0.25) is 0 Å². The molecule has 1 aromatic heterocycles. The highest BCUT2D eigenvalue weighted by molar-refractivity contribution is 7.17. The van der Waals surface area contributed by atoms with Crippen LogP contribution in [-0.4, -0.2) is 29.0 Å². The lowest BCUT2D eigenvalue weighted by Crippen LogP contribution is -2.46. The zero-order chi connectivity index (χ0) is 18.6. The van der Waals surface area contributed by atoms with Gasteiger partial charge in [-0.1, -0.05) is 30.3 Å². The maximum Gasteiger partial charge on any atom is 0.350 e. The molecule has 0 radical (unpaired) electrons. The average Bonchev–Trinajstić information content (AvgIpc) is 3.28. The fourth-order valence-electron chi connectivity index (χ4n) is 3.03. The molecule has 1 amide bonds. The van der Waals surface area contributed by atoms with Crippen LogP contribution in [0.3, 0.4) is 0 Å². The number of rotatable bonds is 5. The van der Waals surface area contributed by atoms with Crippen molar-refractivity contribution in [3.05, 3.63) is 40.9 Å². The van der Waals surface area contributed by atoms with Crippen LogP contribution in [0.1, 0.15) is 41.0 Å². The Labute approximate surface area is 155 Å². The molecule has 1 aliphatic rings. The monoisotopic (exact) mass is 369 g/mol. The fraction of sp³-hybridized carbons (Fsp3) is 0.368. The lowest BCUT2D eigenvalue weighted by molar-refractivity contribution is -0.125. The molecule has 0 spiro atoms. The quantitative estimate of drug-likeness (QED) is 0.817. The molecule has 6 nitrogen and oxygen atoms in total. The summed E-state index contributed by atoms with van der Waals surface area (Å²) in [6.07, 6.45) is 3.10. The largest absolute Gasteiger partial charge is 0.451 e. The lowest BCUT2D eigenvalue weighted by atomic mass is 10.00. The van der Waals surface area contributed by atoms with E-state index in [1.54, 1.807) is 6.92 Å². The minimum absolute atomic E-state index is 0.382. The molecule has 1 fully saturated rings. The first kappa shape index (κ1) is 18.1. The molecule has 0 unspecified atom stereocenters. The smallest absolute Gasteiger partial charge is 0.350 e. The van der Waals surface area contributed by atoms with E-state index in [1.807, 2.05) is 30.3 Å². The molecule has 1 N–H and O–H groups in total. The molecular formula is C19H19N3O3S. The highest BCUT2D eigenvalue weighted by Gasteiger charge is 2.35. The molecule has 0 atom stereocenters. The van der Waals surface area contributed by atoms with Gasteiger partial charge in [-0.2, -0.15) is 5.26 Å². The summed E-state index contributed by atoms with van der Waals surface area (Å²) < 4.78 is 5.13. The van der Waals surface area contributed by atoms with Crippen molar-refractivity contribution in [2.75, 3.05) is 6.61 Å². The summed E-state index contributed by atoms with van der Waals surface area (Å²) in [5, 5.41) is 12.7. The lowest BCUT2D eigenvalue weighted by Gasteiger charge is -2.21. The van der Waals surface area contributed by atoms with Gasteiger partial charge in [-0.3, -0.25) is 4.79 Å². The van der Waals surface area contributed by atoms with Crippen LogP contribution in [0.5, 0.6) is 0 Å². The number of benzene rings is 1. The van der Waals surface area contributed by atoms with Crippen molar-refractivity contribution >= 4 is 23.2 Å². The highest BCUT2D eigenvalue weighted by Crippen LogP contribution is 2.29. The summed E-state index contributed by atoms with van der Waals surface area (Å²) in [5.74, 6) is -1.03. The van der Waals surface area contributed by atoms with Crippen LogP contribution in [0.4, 0.5) is 0 Å². The van der Waals surface area contributed by atoms with Gasteiger partial charge < -0.3 is 10.1 Å². The number of hydrogen-bond acceptors (Lipinski definition) is 6. The van der Waals surface area contributed by atoms with Gasteiger partial charge in [0.25, 0.3) is 5.91 Å². The van der Waals surface area contributed by atoms with Gasteiger partial charge in [-0.05, 0) is 32.6 Å². The summed E-state index contributed by atoms with van der Waals surface area (Å²) in [5.41, 5.74) is 0.683. The number of nitrogens with one attached hydrogen (secondary N) is 1. The number of amides is 1. The SMILES string of the molecule is Cc1nc(-c2ccccc2)sc1C(=O)OCC(=O)NC1(C#N)CCCC1. The Hall–Kier alpha value is -2.72. The van der Waals surface area contributed by atoms with E-state index in [1.165, 1.54) is 11.3 Å². The molecule has 2 aromatic rings. The first-order chi connectivity index (χ1) is 12.5. The number of carbonyl (C=O) groups excluding carboxylic acids is 2. The number of thiazole rings is 1. The third-order valence-corrected chi connectivity index (χ3v) is 5.57. The standard InChI is InChI=1S/C19H19N3O3S/c1-13-16(26-17(21-13)14-7-3-2-4-8-14)18(24)25-11-15(23)22-19(12-20)9-5-6-10-19/h2-4,7-8H,5-6,9-11H2,1H3,(H,22,23). The summed E-state index contributed by atoms with van der Waals surface area (Å²) in [7, 11) is 0. The Kier molecular flexibility index (Phi) is 5.33. The minimum atomic E-state index is -0.815. The molecule has 1 aromatic carbocycles. The highest BCUT2D eigenvalue weighted by atomic mass is 32.1. The van der Waals surface area contributed by atoms with Crippen molar-refractivity contribution in [3.8, 4) is 16.6 Å². The normalized spacial score (nSPS) is 15.2. The van der Waals surface area contributed by atoms with Crippen LogP contribution < -0.4 is 5.32 Å². The van der Waals surface area contributed by atoms with Crippen LogP contribution >= 0.6 is 11.3 Å². The topological polar surface area (TPSA) is 92.1 Å². The molecule has 1 saturated carbocycles. The Bertz CT molecular complexity index is 849. The second-order valence-electron chi connectivity index (χ2n) is 6.32. The average molecular weight is 369 g/mol. The van der Waals surface area contributed by atoms with Crippen LogP contribution in [0, 0.1) is 18.3 Å². The fourth-order valence-corrected chi connectivity index (χ4v) is 4.00. The maximum absolute atomic E-state index is 12.3. The molecule has 0 saturated heterocycles. The zero-order valence-corrected chi connectivity index (χ0v) is 15.3. The van der Waals surface area contributed by atoms with Crippen molar-refractivity contribution in [1.29, 1.82) is 5.26 Å². The van der Waals surface area contributed by atoms with E-state index in [0.717, 1.165) is 23.4 Å². The Morgan fingerprint density at radius 3 is 2.65 bits per heavy atom. The van der Waals surface area contributed by atoms with Gasteiger partial charge in [0.1, 0.15) is 15.4 Å². The number of nitrogens with zero attached hydrogens (tertiary/aromatic N) is 2. The molecule has 134 valence electrons. The second-order valence-corrected chi connectivity index (χ2v) is 7.32. The van der Waals surface area contributed by atoms with Gasteiger partial charge >= 0.3 is 5.97 Å². The Balaban J connectivity index is 1.61. The Morgan fingerprint density at radius 1 is 1.31 bits per heavy atom. The number of carbonyl (C=O) groups is 2. The van der Waals surface area contributed by atoms with Gasteiger partial charge in [0.05, 0.1) is 11.8 Å². The summed E-state index contributed by atoms with van der Waals surface area (Å²) in [4.78, 5) is 29.2. The predicted molar refractivity (Wildman–Crippen MR) is 97.5 cm³/mol. The first-order valence-corrected chi connectivity index (χ1v) is 9.27. The predicted octanol–water partition coefficient (Wildman–Crippen LogP) is 3.23. The third kappa shape index (κ3) is 3.92. The van der Waals surface area contributed by atoms with Crippen LogP contribution in [0.15, 0.2) is 30.3 Å². The molecule has 3 rings (SSSR count). The minimum Gasteiger partial charge on any atom is -0.451 e. The van der Waals surface area contributed by atoms with Crippen molar-refractivity contribution < 1.29 is 14.3 Å². The van der Waals surface area contributed by atoms with Crippen molar-refractivity contribution in [1.82, 2.24) is 10.3 Å². The molecule has 1 heterocycles. The second kappa shape index (κ2) is 7.67. The van der Waals surface area contributed by atoms with E-state index < -0.39 is 24.0 Å². The Morgan fingerprint density at radius 2 is 2.00 bits per heavy atom. The van der Waals surface area contributed by atoms with E-state index in [2.05, 4.69) is 16.4 Å². The van der Waals surface area contributed by atoms with E-state index in [0.29, 0.717) is 23.4 Å². The zero-order valence-electron chi connectivity index (χ0n) is 14.4. The maximum atomic E-state index is 12.3. The van der Waals surface area contributed by atoms with E-state index in [9.17, 15) is 14.9 Å². The number of nitriles is 1. The molecular weight excluding hydrogens is 350 g/mol. The van der Waals surface area contributed by atoms with Crippen molar-refractivity contribution in [2.24, 2.45) is 0 Å². The van der Waals surface area contributed by atoms with Gasteiger partial charge in [-0.25, -0.2) is 9.78 Å². The van der Waals surface area contributed by atoms with E-state index in [-0.39, 0.29) is 0 Å². The molecule has 26 heavy (non-hydrogen) atoms. The van der Waals surface area contributed by atoms with Crippen molar-refractivity contribution in [2.45, 2.75) is 38.1 Å². The van der Waals surface area contributed by atoms with Gasteiger partial charge in [0.15, 0.2) is 6.61 Å². The molecule has 0 aliphatic heterocycles. The van der Waals surface area contributed by atoms with Crippen LogP contribution in [0.25, 0.3) is 10.6 Å². The van der Waals surface area contributed by atoms with Crippen molar-refractivity contribution in [3.63, 3.8) is 0 Å². The summed E-state index contributed by atoms with van der Waals surface area (Å²) in [6, 6.07) is 11.7. The van der Waals surface area contributed by atoms with E-state index >= 15 is 0 Å².